The first-order chi connectivity index (χ1) is 9.81. The molecule has 20 heavy (non-hydrogen) atoms. The lowest BCUT2D eigenvalue weighted by Crippen LogP contribution is -2.02. The monoisotopic (exact) mass is 282 g/mol. The molecule has 0 saturated carbocycles. The van der Waals surface area contributed by atoms with Gasteiger partial charge in [-0.1, -0.05) is 64.0 Å². The average molecular weight is 282 g/mol. The van der Waals surface area contributed by atoms with Crippen LogP contribution in [0.3, 0.4) is 0 Å². The summed E-state index contributed by atoms with van der Waals surface area (Å²) < 4.78 is 0. The van der Waals surface area contributed by atoms with Crippen LogP contribution in [0, 0.1) is 0 Å². The molecular weight excluding hydrogens is 248 g/mol. The summed E-state index contributed by atoms with van der Waals surface area (Å²) in [4.78, 5) is 10.9. The van der Waals surface area contributed by atoms with Crippen molar-refractivity contribution in [2.75, 3.05) is 6.61 Å². The number of aliphatic hydroxyl groups excluding tert-OH is 1. The molecule has 2 nitrogen and oxygen atoms in total. The Kier molecular flexibility index (Phi) is 15.9. The number of rotatable bonds is 15. The van der Waals surface area contributed by atoms with Crippen molar-refractivity contribution in [2.24, 2.45) is 0 Å². The molecule has 0 rings (SSSR count). The first-order valence-corrected chi connectivity index (χ1v) is 8.58. The van der Waals surface area contributed by atoms with Gasteiger partial charge in [-0.3, -0.25) is 4.79 Å². The van der Waals surface area contributed by atoms with Crippen molar-refractivity contribution in [1.82, 2.24) is 0 Å². The molecule has 0 spiro atoms. The van der Waals surface area contributed by atoms with Crippen LogP contribution in [0.4, 0.5) is 0 Å². The largest absolute Gasteiger partial charge is 0.389 e. The molecule has 0 unspecified atom stereocenters. The fourth-order valence-electron chi connectivity index (χ4n) is 2.30. The average Bonchev–Trinajstić information content (AvgIpc) is 2.47. The van der Waals surface area contributed by atoms with Crippen molar-refractivity contribution in [2.45, 2.75) is 90.4 Å². The summed E-state index contributed by atoms with van der Waals surface area (Å²) in [5, 5.41) is 8.58. The zero-order valence-corrected chi connectivity index (χ0v) is 13.4. The SMILES string of the molecule is CCCCCCCCC=CCCCCCCC(=O)CO. The van der Waals surface area contributed by atoms with Crippen molar-refractivity contribution in [1.29, 1.82) is 0 Å². The molecule has 0 atom stereocenters. The summed E-state index contributed by atoms with van der Waals surface area (Å²) in [6.45, 7) is 1.97. The van der Waals surface area contributed by atoms with E-state index in [1.807, 2.05) is 0 Å². The summed E-state index contributed by atoms with van der Waals surface area (Å²) >= 11 is 0. The van der Waals surface area contributed by atoms with Crippen LogP contribution in [0.5, 0.6) is 0 Å². The third-order valence-electron chi connectivity index (χ3n) is 3.64. The normalized spacial score (nSPS) is 11.3. The Morgan fingerprint density at radius 2 is 1.30 bits per heavy atom. The molecule has 118 valence electrons. The van der Waals surface area contributed by atoms with Crippen LogP contribution in [-0.2, 0) is 4.79 Å². The molecular formula is C18H34O2. The Balaban J connectivity index is 3.10. The molecule has 0 aromatic rings. The van der Waals surface area contributed by atoms with Gasteiger partial charge in [-0.05, 0) is 32.1 Å². The third-order valence-corrected chi connectivity index (χ3v) is 3.64. The lowest BCUT2D eigenvalue weighted by molar-refractivity contribution is -0.121. The van der Waals surface area contributed by atoms with Gasteiger partial charge in [-0.15, -0.1) is 0 Å². The molecule has 0 fully saturated rings. The van der Waals surface area contributed by atoms with Gasteiger partial charge in [0, 0.05) is 6.42 Å². The van der Waals surface area contributed by atoms with E-state index in [1.54, 1.807) is 0 Å². The molecule has 0 aromatic heterocycles. The summed E-state index contributed by atoms with van der Waals surface area (Å²) in [6.07, 6.45) is 20.3. The van der Waals surface area contributed by atoms with E-state index < -0.39 is 0 Å². The first kappa shape index (κ1) is 19.4. The van der Waals surface area contributed by atoms with Crippen molar-refractivity contribution in [3.63, 3.8) is 0 Å². The van der Waals surface area contributed by atoms with E-state index in [-0.39, 0.29) is 12.4 Å². The molecule has 2 heteroatoms. The van der Waals surface area contributed by atoms with Crippen LogP contribution in [0.25, 0.3) is 0 Å². The summed E-state index contributed by atoms with van der Waals surface area (Å²) in [5.41, 5.74) is 0. The molecule has 0 aromatic carbocycles. The zero-order valence-electron chi connectivity index (χ0n) is 13.4. The minimum absolute atomic E-state index is 0.0242. The van der Waals surface area contributed by atoms with Crippen LogP contribution >= 0.6 is 0 Å². The second-order valence-corrected chi connectivity index (χ2v) is 5.68. The van der Waals surface area contributed by atoms with E-state index in [9.17, 15) is 4.79 Å². The Bertz CT molecular complexity index is 234. The van der Waals surface area contributed by atoms with E-state index in [4.69, 9.17) is 5.11 Å². The van der Waals surface area contributed by atoms with Crippen LogP contribution in [0.15, 0.2) is 12.2 Å². The maximum Gasteiger partial charge on any atom is 0.158 e. The van der Waals surface area contributed by atoms with Gasteiger partial charge in [-0.25, -0.2) is 0 Å². The lowest BCUT2D eigenvalue weighted by Gasteiger charge is -1.99. The molecule has 0 saturated heterocycles. The maximum absolute atomic E-state index is 10.9. The van der Waals surface area contributed by atoms with Crippen molar-refractivity contribution in [3.8, 4) is 0 Å². The van der Waals surface area contributed by atoms with E-state index in [0.29, 0.717) is 6.42 Å². The van der Waals surface area contributed by atoms with Crippen molar-refractivity contribution < 1.29 is 9.90 Å². The molecule has 0 radical (unpaired) electrons. The summed E-state index contributed by atoms with van der Waals surface area (Å²) in [7, 11) is 0. The zero-order chi connectivity index (χ0) is 14.9. The molecule has 0 bridgehead atoms. The Morgan fingerprint density at radius 3 is 1.85 bits per heavy atom. The molecule has 0 heterocycles. The Hall–Kier alpha value is -0.630. The highest BCUT2D eigenvalue weighted by atomic mass is 16.3. The lowest BCUT2D eigenvalue weighted by atomic mass is 10.1. The number of hydrogen-bond donors (Lipinski definition) is 1. The number of Topliss-reactive ketones (excluding diaryl/α,β-unsaturated/α-hetero) is 1. The molecule has 0 aliphatic heterocycles. The third kappa shape index (κ3) is 15.4. The predicted molar refractivity (Wildman–Crippen MR) is 86.9 cm³/mol. The second-order valence-electron chi connectivity index (χ2n) is 5.68. The second kappa shape index (κ2) is 16.4. The van der Waals surface area contributed by atoms with Gasteiger partial charge >= 0.3 is 0 Å². The van der Waals surface area contributed by atoms with Gasteiger partial charge in [0.05, 0.1) is 0 Å². The van der Waals surface area contributed by atoms with E-state index >= 15 is 0 Å². The smallest absolute Gasteiger partial charge is 0.158 e. The minimum Gasteiger partial charge on any atom is -0.389 e. The molecule has 0 amide bonds. The fraction of sp³-hybridized carbons (Fsp3) is 0.833. The van der Waals surface area contributed by atoms with Crippen LogP contribution < -0.4 is 0 Å². The number of hydrogen-bond acceptors (Lipinski definition) is 2. The highest BCUT2D eigenvalue weighted by Crippen LogP contribution is 2.09. The van der Waals surface area contributed by atoms with Crippen molar-refractivity contribution in [3.05, 3.63) is 12.2 Å². The molecule has 1 N–H and O–H groups in total. The number of aliphatic hydroxyl groups is 1. The summed E-state index contributed by atoms with van der Waals surface area (Å²) in [6, 6.07) is 0. The van der Waals surface area contributed by atoms with Crippen LogP contribution in [0.2, 0.25) is 0 Å². The topological polar surface area (TPSA) is 37.3 Å². The van der Waals surface area contributed by atoms with Gasteiger partial charge in [0.15, 0.2) is 5.78 Å². The van der Waals surface area contributed by atoms with Crippen molar-refractivity contribution >= 4 is 5.78 Å². The predicted octanol–water partition coefficient (Wildman–Crippen LogP) is 5.20. The number of allylic oxidation sites excluding steroid dienone is 2. The fourth-order valence-corrected chi connectivity index (χ4v) is 2.30. The first-order valence-electron chi connectivity index (χ1n) is 8.58. The van der Waals surface area contributed by atoms with Gasteiger partial charge in [0.2, 0.25) is 0 Å². The Morgan fingerprint density at radius 1 is 0.800 bits per heavy atom. The molecule has 0 aliphatic carbocycles. The number of carbonyl (C=O) groups excluding carboxylic acids is 1. The highest BCUT2D eigenvalue weighted by Gasteiger charge is 1.97. The van der Waals surface area contributed by atoms with Gasteiger partial charge < -0.3 is 5.11 Å². The van der Waals surface area contributed by atoms with Crippen LogP contribution in [-0.4, -0.2) is 17.5 Å². The van der Waals surface area contributed by atoms with E-state index in [2.05, 4.69) is 19.1 Å². The van der Waals surface area contributed by atoms with E-state index in [0.717, 1.165) is 12.8 Å². The number of unbranched alkanes of at least 4 members (excludes halogenated alkanes) is 10. The van der Waals surface area contributed by atoms with Crippen LogP contribution in [0.1, 0.15) is 90.4 Å². The maximum atomic E-state index is 10.9. The number of ketones is 1. The highest BCUT2D eigenvalue weighted by molar-refractivity contribution is 5.79. The Labute approximate surface area is 125 Å². The van der Waals surface area contributed by atoms with Gasteiger partial charge in [0.1, 0.15) is 6.61 Å². The van der Waals surface area contributed by atoms with Gasteiger partial charge in [-0.2, -0.15) is 0 Å². The van der Waals surface area contributed by atoms with Gasteiger partial charge in [0.25, 0.3) is 0 Å². The quantitative estimate of drug-likeness (QED) is 0.331. The minimum atomic E-state index is -0.290. The summed E-state index contributed by atoms with van der Waals surface area (Å²) in [5.74, 6) is -0.0242. The van der Waals surface area contributed by atoms with E-state index in [1.165, 1.54) is 64.2 Å². The standard InChI is InChI=1S/C18H34O2/c1-2-3-4-5-6-7-8-9-10-11-12-13-14-15-16-18(20)17-19/h9-10,19H,2-8,11-17H2,1H3. The number of carbonyl (C=O) groups is 1. The molecule has 0 aliphatic rings.